The largest absolute Gasteiger partial charge is 0.507 e. The van der Waals surface area contributed by atoms with Crippen molar-refractivity contribution in [3.63, 3.8) is 0 Å². The average molecular weight is 398 g/mol. The Kier molecular flexibility index (Phi) is 5.50. The van der Waals surface area contributed by atoms with Gasteiger partial charge in [-0.1, -0.05) is 72.8 Å². The number of ketones is 1. The van der Waals surface area contributed by atoms with Crippen molar-refractivity contribution in [1.82, 2.24) is 0 Å². The van der Waals surface area contributed by atoms with Crippen LogP contribution in [0.5, 0.6) is 11.5 Å². The monoisotopic (exact) mass is 398 g/mol. The Hall–Kier alpha value is -3.63. The highest BCUT2D eigenvalue weighted by atomic mass is 16.5. The van der Waals surface area contributed by atoms with Gasteiger partial charge in [0.25, 0.3) is 0 Å². The van der Waals surface area contributed by atoms with Crippen LogP contribution in [0, 0.1) is 0 Å². The molecule has 0 aliphatic rings. The van der Waals surface area contributed by atoms with E-state index in [2.05, 4.69) is 0 Å². The van der Waals surface area contributed by atoms with Crippen molar-refractivity contribution in [2.75, 3.05) is 7.11 Å². The van der Waals surface area contributed by atoms with Gasteiger partial charge in [0, 0.05) is 16.9 Å². The van der Waals surface area contributed by atoms with E-state index >= 15 is 0 Å². The molecule has 0 saturated carbocycles. The van der Waals surface area contributed by atoms with Crippen molar-refractivity contribution >= 4 is 16.6 Å². The van der Waals surface area contributed by atoms with Crippen LogP contribution in [0.15, 0.2) is 91.0 Å². The Balaban J connectivity index is 1.88. The SMILES string of the molecule is COc1ccc([C@H](c2ccc(O)c3ccccc23)[C@H](O)C(=O)c2ccccc2)cc1. The molecular weight excluding hydrogens is 376 g/mol. The van der Waals surface area contributed by atoms with Gasteiger partial charge in [0.05, 0.1) is 7.11 Å². The number of aliphatic hydroxyl groups is 1. The highest BCUT2D eigenvalue weighted by Gasteiger charge is 2.31. The van der Waals surface area contributed by atoms with Gasteiger partial charge in [-0.25, -0.2) is 0 Å². The summed E-state index contributed by atoms with van der Waals surface area (Å²) in [7, 11) is 1.59. The number of fused-ring (bicyclic) bond motifs is 1. The molecule has 0 aliphatic carbocycles. The summed E-state index contributed by atoms with van der Waals surface area (Å²) in [6.45, 7) is 0. The zero-order chi connectivity index (χ0) is 21.1. The van der Waals surface area contributed by atoms with Gasteiger partial charge in [-0.15, -0.1) is 0 Å². The fraction of sp³-hybridized carbons (Fsp3) is 0.115. The number of methoxy groups -OCH3 is 1. The van der Waals surface area contributed by atoms with E-state index in [0.29, 0.717) is 16.7 Å². The van der Waals surface area contributed by atoms with Gasteiger partial charge in [-0.2, -0.15) is 0 Å². The molecule has 2 N–H and O–H groups in total. The van der Waals surface area contributed by atoms with Gasteiger partial charge >= 0.3 is 0 Å². The minimum Gasteiger partial charge on any atom is -0.507 e. The van der Waals surface area contributed by atoms with E-state index in [9.17, 15) is 15.0 Å². The van der Waals surface area contributed by atoms with Crippen LogP contribution in [-0.2, 0) is 0 Å². The van der Waals surface area contributed by atoms with Crippen molar-refractivity contribution < 1.29 is 19.7 Å². The third kappa shape index (κ3) is 3.65. The number of carbonyl (C=O) groups is 1. The molecule has 0 radical (unpaired) electrons. The van der Waals surface area contributed by atoms with Crippen molar-refractivity contribution in [2.45, 2.75) is 12.0 Å². The molecule has 0 amide bonds. The standard InChI is InChI=1S/C26H22O4/c1-30-19-13-11-17(12-14-19)24(26(29)25(28)18-7-3-2-4-8-18)22-15-16-23(27)21-10-6-5-9-20(21)22/h2-16,24,26-27,29H,1H3/t24-,26+/m1/s1. The van der Waals surface area contributed by atoms with Crippen LogP contribution >= 0.6 is 0 Å². The maximum atomic E-state index is 13.1. The van der Waals surface area contributed by atoms with E-state index < -0.39 is 12.0 Å². The normalized spacial score (nSPS) is 13.0. The second-order valence-corrected chi connectivity index (χ2v) is 7.15. The molecule has 4 aromatic rings. The lowest BCUT2D eigenvalue weighted by Crippen LogP contribution is -2.29. The van der Waals surface area contributed by atoms with Crippen LogP contribution < -0.4 is 4.74 Å². The predicted octanol–water partition coefficient (Wildman–Crippen LogP) is 4.93. The number of ether oxygens (including phenoxy) is 1. The Morgan fingerprint density at radius 2 is 1.43 bits per heavy atom. The molecule has 150 valence electrons. The summed E-state index contributed by atoms with van der Waals surface area (Å²) < 4.78 is 5.26. The van der Waals surface area contributed by atoms with Gasteiger partial charge in [0.15, 0.2) is 5.78 Å². The number of aliphatic hydroxyl groups excluding tert-OH is 1. The summed E-state index contributed by atoms with van der Waals surface area (Å²) in [5.41, 5.74) is 2.00. The summed E-state index contributed by atoms with van der Waals surface area (Å²) >= 11 is 0. The van der Waals surface area contributed by atoms with E-state index in [1.165, 1.54) is 0 Å². The first-order chi connectivity index (χ1) is 14.6. The fourth-order valence-corrected chi connectivity index (χ4v) is 3.85. The summed E-state index contributed by atoms with van der Waals surface area (Å²) in [5.74, 6) is -0.119. The lowest BCUT2D eigenvalue weighted by Gasteiger charge is -2.25. The van der Waals surface area contributed by atoms with Crippen molar-refractivity contribution in [3.05, 3.63) is 108 Å². The molecule has 30 heavy (non-hydrogen) atoms. The molecule has 0 spiro atoms. The van der Waals surface area contributed by atoms with Crippen LogP contribution in [0.1, 0.15) is 27.4 Å². The van der Waals surface area contributed by atoms with Crippen LogP contribution in [0.25, 0.3) is 10.8 Å². The number of carbonyl (C=O) groups excluding carboxylic acids is 1. The summed E-state index contributed by atoms with van der Waals surface area (Å²) in [6, 6.07) is 26.9. The van der Waals surface area contributed by atoms with E-state index in [-0.39, 0.29) is 11.5 Å². The van der Waals surface area contributed by atoms with Crippen molar-refractivity contribution in [1.29, 1.82) is 0 Å². The molecule has 4 rings (SSSR count). The Labute approximate surface area is 175 Å². The fourth-order valence-electron chi connectivity index (χ4n) is 3.85. The summed E-state index contributed by atoms with van der Waals surface area (Å²) in [5, 5.41) is 23.0. The smallest absolute Gasteiger partial charge is 0.192 e. The molecular formula is C26H22O4. The molecule has 4 aromatic carbocycles. The molecule has 0 saturated heterocycles. The highest BCUT2D eigenvalue weighted by molar-refractivity contribution is 6.01. The molecule has 4 nitrogen and oxygen atoms in total. The van der Waals surface area contributed by atoms with Crippen LogP contribution in [0.4, 0.5) is 0 Å². The first kappa shape index (κ1) is 19.7. The summed E-state index contributed by atoms with van der Waals surface area (Å²) in [4.78, 5) is 13.1. The number of Topliss-reactive ketones (excluding diaryl/α,β-unsaturated/α-hetero) is 1. The number of hydrogen-bond donors (Lipinski definition) is 2. The molecule has 0 aliphatic heterocycles. The van der Waals surface area contributed by atoms with Crippen molar-refractivity contribution in [3.8, 4) is 11.5 Å². The Morgan fingerprint density at radius 3 is 2.10 bits per heavy atom. The lowest BCUT2D eigenvalue weighted by atomic mass is 9.81. The Bertz CT molecular complexity index is 1170. The molecule has 0 bridgehead atoms. The second-order valence-electron chi connectivity index (χ2n) is 7.15. The number of rotatable bonds is 6. The molecule has 0 unspecified atom stereocenters. The van der Waals surface area contributed by atoms with Crippen LogP contribution in [0.3, 0.4) is 0 Å². The maximum Gasteiger partial charge on any atom is 0.192 e. The molecule has 4 heteroatoms. The second kappa shape index (κ2) is 8.39. The van der Waals surface area contributed by atoms with Crippen molar-refractivity contribution in [2.24, 2.45) is 0 Å². The number of phenolic OH excluding ortho intramolecular Hbond substituents is 1. The number of hydrogen-bond acceptors (Lipinski definition) is 4. The predicted molar refractivity (Wildman–Crippen MR) is 117 cm³/mol. The molecule has 2 atom stereocenters. The average Bonchev–Trinajstić information content (AvgIpc) is 2.81. The van der Waals surface area contributed by atoms with E-state index in [1.54, 1.807) is 43.5 Å². The van der Waals surface area contributed by atoms with Crippen LogP contribution in [-0.4, -0.2) is 29.2 Å². The van der Waals surface area contributed by atoms with Gasteiger partial charge in [-0.05, 0) is 34.7 Å². The quantitative estimate of drug-likeness (QED) is 0.452. The zero-order valence-corrected chi connectivity index (χ0v) is 16.5. The van der Waals surface area contributed by atoms with Gasteiger partial charge in [-0.3, -0.25) is 4.79 Å². The van der Waals surface area contributed by atoms with E-state index in [4.69, 9.17) is 4.74 Å². The Morgan fingerprint density at radius 1 is 0.800 bits per heavy atom. The third-order valence-electron chi connectivity index (χ3n) is 5.39. The van der Waals surface area contributed by atoms with E-state index in [1.807, 2.05) is 54.6 Å². The highest BCUT2D eigenvalue weighted by Crippen LogP contribution is 2.38. The van der Waals surface area contributed by atoms with Gasteiger partial charge in [0.1, 0.15) is 17.6 Å². The van der Waals surface area contributed by atoms with E-state index in [0.717, 1.165) is 16.5 Å². The number of phenols is 1. The molecule has 0 heterocycles. The minimum absolute atomic E-state index is 0.159. The zero-order valence-electron chi connectivity index (χ0n) is 16.5. The molecule has 0 aromatic heterocycles. The maximum absolute atomic E-state index is 13.1. The topological polar surface area (TPSA) is 66.8 Å². The van der Waals surface area contributed by atoms with Gasteiger partial charge in [0.2, 0.25) is 0 Å². The summed E-state index contributed by atoms with van der Waals surface area (Å²) in [6.07, 6.45) is -1.30. The first-order valence-electron chi connectivity index (χ1n) is 9.72. The minimum atomic E-state index is -1.30. The number of benzene rings is 4. The third-order valence-corrected chi connectivity index (χ3v) is 5.39. The van der Waals surface area contributed by atoms with Gasteiger partial charge < -0.3 is 14.9 Å². The molecule has 0 fully saturated rings. The number of aromatic hydroxyl groups is 1. The first-order valence-corrected chi connectivity index (χ1v) is 9.72. The van der Waals surface area contributed by atoms with Crippen LogP contribution in [0.2, 0.25) is 0 Å². The lowest BCUT2D eigenvalue weighted by molar-refractivity contribution is 0.0716.